The molecule has 108 valence electrons. The number of nitrogens with one attached hydrogen (secondary N) is 3. The van der Waals surface area contributed by atoms with E-state index in [1.807, 2.05) is 0 Å². The van der Waals surface area contributed by atoms with Gasteiger partial charge in [0.05, 0.1) is 16.8 Å². The molecule has 0 radical (unpaired) electrons. The average molecular weight is 296 g/mol. The van der Waals surface area contributed by atoms with Gasteiger partial charge >= 0.3 is 0 Å². The van der Waals surface area contributed by atoms with Crippen LogP contribution in [0.3, 0.4) is 0 Å². The highest BCUT2D eigenvalue weighted by Gasteiger charge is 2.29. The molecule has 0 spiro atoms. The van der Waals surface area contributed by atoms with E-state index in [1.165, 1.54) is 6.92 Å². The predicted molar refractivity (Wildman–Crippen MR) is 80.0 cm³/mol. The fourth-order valence-electron chi connectivity index (χ4n) is 2.29. The van der Waals surface area contributed by atoms with Crippen LogP contribution in [0.2, 0.25) is 5.02 Å². The third-order valence-electron chi connectivity index (χ3n) is 3.36. The van der Waals surface area contributed by atoms with E-state index in [0.717, 1.165) is 13.0 Å². The summed E-state index contributed by atoms with van der Waals surface area (Å²) in [7, 11) is 0. The zero-order valence-electron chi connectivity index (χ0n) is 11.5. The first kappa shape index (κ1) is 14.8. The summed E-state index contributed by atoms with van der Waals surface area (Å²) in [6.45, 7) is 4.33. The quantitative estimate of drug-likeness (QED) is 0.801. The topological polar surface area (TPSA) is 70.2 Å². The van der Waals surface area contributed by atoms with Gasteiger partial charge in [0.25, 0.3) is 0 Å². The number of anilines is 2. The minimum Gasteiger partial charge on any atom is -0.325 e. The molecule has 2 atom stereocenters. The van der Waals surface area contributed by atoms with Gasteiger partial charge in [-0.1, -0.05) is 18.5 Å². The summed E-state index contributed by atoms with van der Waals surface area (Å²) in [5, 5.41) is 9.03. The highest BCUT2D eigenvalue weighted by atomic mass is 35.5. The van der Waals surface area contributed by atoms with E-state index < -0.39 is 0 Å². The monoisotopic (exact) mass is 295 g/mol. The highest BCUT2D eigenvalue weighted by molar-refractivity contribution is 6.34. The Kier molecular flexibility index (Phi) is 4.62. The Morgan fingerprint density at radius 1 is 1.35 bits per heavy atom. The molecule has 3 N–H and O–H groups in total. The molecule has 1 heterocycles. The maximum absolute atomic E-state index is 12.1. The number of rotatable bonds is 3. The summed E-state index contributed by atoms with van der Waals surface area (Å²) < 4.78 is 0. The van der Waals surface area contributed by atoms with Crippen molar-refractivity contribution < 1.29 is 9.59 Å². The van der Waals surface area contributed by atoms with E-state index in [9.17, 15) is 9.59 Å². The summed E-state index contributed by atoms with van der Waals surface area (Å²) in [5.74, 6) is 0.0788. The Labute approximate surface area is 123 Å². The number of hydrogen-bond acceptors (Lipinski definition) is 3. The van der Waals surface area contributed by atoms with E-state index in [1.54, 1.807) is 18.2 Å². The lowest BCUT2D eigenvalue weighted by atomic mass is 10.0. The fraction of sp³-hybridized carbons (Fsp3) is 0.429. The second kappa shape index (κ2) is 6.24. The summed E-state index contributed by atoms with van der Waals surface area (Å²) in [6, 6.07) is 4.85. The second-order valence-electron chi connectivity index (χ2n) is 5.06. The molecule has 5 nitrogen and oxygen atoms in total. The molecular weight excluding hydrogens is 278 g/mol. The standard InChI is InChI=1S/C14H18ClN3O2/c1-8-5-6-16-13(8)14(20)18-10-3-4-12(11(15)7-10)17-9(2)19/h3-4,7-8,13,16H,5-6H2,1-2H3,(H,17,19)(H,18,20). The van der Waals surface area contributed by atoms with Crippen molar-refractivity contribution in [2.75, 3.05) is 17.2 Å². The van der Waals surface area contributed by atoms with Crippen molar-refractivity contribution in [3.8, 4) is 0 Å². The lowest BCUT2D eigenvalue weighted by Crippen LogP contribution is -2.39. The van der Waals surface area contributed by atoms with Gasteiger partial charge in [0.15, 0.2) is 0 Å². The largest absolute Gasteiger partial charge is 0.325 e. The van der Waals surface area contributed by atoms with Gasteiger partial charge in [-0.05, 0) is 37.1 Å². The van der Waals surface area contributed by atoms with Gasteiger partial charge < -0.3 is 16.0 Å². The van der Waals surface area contributed by atoms with Gasteiger partial charge in [-0.15, -0.1) is 0 Å². The summed E-state index contributed by atoms with van der Waals surface area (Å²) in [4.78, 5) is 23.1. The van der Waals surface area contributed by atoms with Crippen LogP contribution in [0, 0.1) is 5.92 Å². The molecule has 0 aromatic heterocycles. The van der Waals surface area contributed by atoms with Gasteiger partial charge in [0, 0.05) is 12.6 Å². The Morgan fingerprint density at radius 2 is 2.10 bits per heavy atom. The third kappa shape index (κ3) is 3.49. The van der Waals surface area contributed by atoms with E-state index in [4.69, 9.17) is 11.6 Å². The van der Waals surface area contributed by atoms with E-state index in [-0.39, 0.29) is 17.9 Å². The molecule has 1 aromatic rings. The van der Waals surface area contributed by atoms with E-state index in [0.29, 0.717) is 22.3 Å². The summed E-state index contributed by atoms with van der Waals surface area (Å²) >= 11 is 6.06. The minimum atomic E-state index is -0.187. The number of carbonyl (C=O) groups excluding carboxylic acids is 2. The lowest BCUT2D eigenvalue weighted by molar-refractivity contribution is -0.118. The number of carbonyl (C=O) groups is 2. The van der Waals surface area contributed by atoms with Crippen LogP contribution < -0.4 is 16.0 Å². The van der Waals surface area contributed by atoms with Crippen molar-refractivity contribution in [3.63, 3.8) is 0 Å². The van der Waals surface area contributed by atoms with E-state index in [2.05, 4.69) is 22.9 Å². The van der Waals surface area contributed by atoms with Crippen molar-refractivity contribution >= 4 is 34.8 Å². The molecule has 0 aliphatic carbocycles. The summed E-state index contributed by atoms with van der Waals surface area (Å²) in [5.41, 5.74) is 1.15. The minimum absolute atomic E-state index is 0.0571. The maximum Gasteiger partial charge on any atom is 0.241 e. The average Bonchev–Trinajstić information content (AvgIpc) is 2.78. The Balaban J connectivity index is 2.04. The number of halogens is 1. The molecular formula is C14H18ClN3O2. The molecule has 0 bridgehead atoms. The van der Waals surface area contributed by atoms with Crippen molar-refractivity contribution in [1.29, 1.82) is 0 Å². The number of amides is 2. The molecule has 6 heteroatoms. The molecule has 1 aliphatic rings. The molecule has 0 saturated carbocycles. The van der Waals surface area contributed by atoms with Gasteiger partial charge in [-0.3, -0.25) is 9.59 Å². The molecule has 1 aromatic carbocycles. The van der Waals surface area contributed by atoms with Gasteiger partial charge in [0.2, 0.25) is 11.8 Å². The third-order valence-corrected chi connectivity index (χ3v) is 3.68. The van der Waals surface area contributed by atoms with Crippen molar-refractivity contribution in [3.05, 3.63) is 23.2 Å². The number of hydrogen-bond donors (Lipinski definition) is 3. The molecule has 1 aliphatic heterocycles. The smallest absolute Gasteiger partial charge is 0.241 e. The maximum atomic E-state index is 12.1. The highest BCUT2D eigenvalue weighted by Crippen LogP contribution is 2.26. The van der Waals surface area contributed by atoms with E-state index >= 15 is 0 Å². The zero-order chi connectivity index (χ0) is 14.7. The second-order valence-corrected chi connectivity index (χ2v) is 5.47. The zero-order valence-corrected chi connectivity index (χ0v) is 12.3. The van der Waals surface area contributed by atoms with Gasteiger partial charge in [0.1, 0.15) is 0 Å². The first-order chi connectivity index (χ1) is 9.47. The fourth-order valence-corrected chi connectivity index (χ4v) is 2.52. The number of benzene rings is 1. The van der Waals surface area contributed by atoms with Gasteiger partial charge in [-0.25, -0.2) is 0 Å². The molecule has 2 unspecified atom stereocenters. The lowest BCUT2D eigenvalue weighted by Gasteiger charge is -2.16. The van der Waals surface area contributed by atoms with Crippen LogP contribution >= 0.6 is 11.6 Å². The van der Waals surface area contributed by atoms with Crippen LogP contribution in [0.1, 0.15) is 20.3 Å². The van der Waals surface area contributed by atoms with Crippen LogP contribution in [-0.4, -0.2) is 24.4 Å². The molecule has 20 heavy (non-hydrogen) atoms. The van der Waals surface area contributed by atoms with Gasteiger partial charge in [-0.2, -0.15) is 0 Å². The molecule has 2 amide bonds. The van der Waals surface area contributed by atoms with Crippen LogP contribution in [0.15, 0.2) is 18.2 Å². The van der Waals surface area contributed by atoms with Crippen molar-refractivity contribution in [2.45, 2.75) is 26.3 Å². The molecule has 1 saturated heterocycles. The SMILES string of the molecule is CC(=O)Nc1ccc(NC(=O)C2NCCC2C)cc1Cl. The van der Waals surface area contributed by atoms with Crippen molar-refractivity contribution in [2.24, 2.45) is 5.92 Å². The van der Waals surface area contributed by atoms with Crippen LogP contribution in [0.4, 0.5) is 11.4 Å². The molecule has 1 fully saturated rings. The Bertz CT molecular complexity index is 533. The summed E-state index contributed by atoms with van der Waals surface area (Å²) in [6.07, 6.45) is 1.00. The first-order valence-corrected chi connectivity index (χ1v) is 6.96. The predicted octanol–water partition coefficient (Wildman–Crippen LogP) is 2.23. The van der Waals surface area contributed by atoms with Crippen LogP contribution in [-0.2, 0) is 9.59 Å². The van der Waals surface area contributed by atoms with Crippen LogP contribution in [0.5, 0.6) is 0 Å². The first-order valence-electron chi connectivity index (χ1n) is 6.59. The van der Waals surface area contributed by atoms with Crippen molar-refractivity contribution in [1.82, 2.24) is 5.32 Å². The molecule has 2 rings (SSSR count). The normalized spacial score (nSPS) is 21.6. The Hall–Kier alpha value is -1.59. The van der Waals surface area contributed by atoms with Crippen LogP contribution in [0.25, 0.3) is 0 Å². The Morgan fingerprint density at radius 3 is 2.65 bits per heavy atom.